The summed E-state index contributed by atoms with van der Waals surface area (Å²) >= 11 is 0. The Hall–Kier alpha value is -1.72. The predicted octanol–water partition coefficient (Wildman–Crippen LogP) is 2.17. The van der Waals surface area contributed by atoms with E-state index >= 15 is 0 Å². The number of rotatable bonds is 5. The summed E-state index contributed by atoms with van der Waals surface area (Å²) in [6.45, 7) is 4.72. The van der Waals surface area contributed by atoms with Gasteiger partial charge >= 0.3 is 0 Å². The van der Waals surface area contributed by atoms with Crippen molar-refractivity contribution in [2.75, 3.05) is 13.2 Å². The van der Waals surface area contributed by atoms with Gasteiger partial charge in [0.1, 0.15) is 6.33 Å². The van der Waals surface area contributed by atoms with Crippen LogP contribution in [0.1, 0.15) is 25.6 Å². The van der Waals surface area contributed by atoms with E-state index in [2.05, 4.69) is 22.3 Å². The Labute approximate surface area is 125 Å². The average molecular weight is 286 g/mol. The molecule has 0 spiro atoms. The minimum Gasteiger partial charge on any atom is -0.381 e. The van der Waals surface area contributed by atoms with Crippen LogP contribution in [0, 0.1) is 5.92 Å². The van der Waals surface area contributed by atoms with Gasteiger partial charge in [-0.15, -0.1) is 5.10 Å². The molecule has 0 radical (unpaired) electrons. The molecule has 2 aromatic rings. The molecule has 5 heteroatoms. The first-order valence-corrected chi connectivity index (χ1v) is 7.60. The van der Waals surface area contributed by atoms with Gasteiger partial charge in [-0.1, -0.05) is 18.2 Å². The lowest BCUT2D eigenvalue weighted by Gasteiger charge is -2.28. The molecule has 1 aliphatic rings. The molecule has 1 aromatic carbocycles. The van der Waals surface area contributed by atoms with E-state index in [0.29, 0.717) is 18.5 Å². The zero-order valence-electron chi connectivity index (χ0n) is 12.4. The second-order valence-corrected chi connectivity index (χ2v) is 5.56. The Morgan fingerprint density at radius 2 is 2.05 bits per heavy atom. The van der Waals surface area contributed by atoms with Crippen LogP contribution >= 0.6 is 0 Å². The molecular weight excluding hydrogens is 264 g/mol. The number of para-hydroxylation sites is 1. The molecular formula is C16H22N4O. The summed E-state index contributed by atoms with van der Waals surface area (Å²) in [5.74, 6) is 1.52. The van der Waals surface area contributed by atoms with E-state index in [1.54, 1.807) is 6.33 Å². The van der Waals surface area contributed by atoms with Gasteiger partial charge in [0, 0.05) is 19.3 Å². The van der Waals surface area contributed by atoms with E-state index in [4.69, 9.17) is 4.74 Å². The maximum Gasteiger partial charge on any atom is 0.164 e. The summed E-state index contributed by atoms with van der Waals surface area (Å²) in [7, 11) is 0. The molecule has 1 aromatic heterocycles. The van der Waals surface area contributed by atoms with Crippen molar-refractivity contribution >= 4 is 0 Å². The molecule has 0 amide bonds. The Morgan fingerprint density at radius 1 is 1.29 bits per heavy atom. The highest BCUT2D eigenvalue weighted by Crippen LogP contribution is 2.18. The third-order valence-electron chi connectivity index (χ3n) is 4.12. The lowest BCUT2D eigenvalue weighted by atomic mass is 9.93. The maximum absolute atomic E-state index is 5.41. The Balaban J connectivity index is 1.55. The maximum atomic E-state index is 5.41. The van der Waals surface area contributed by atoms with Gasteiger partial charge < -0.3 is 10.1 Å². The lowest BCUT2D eigenvalue weighted by molar-refractivity contribution is 0.0557. The molecule has 1 saturated heterocycles. The van der Waals surface area contributed by atoms with E-state index < -0.39 is 0 Å². The standard InChI is InChI=1S/C16H22N4O/c1-13(14-7-9-21-10-8-14)17-11-16-18-12-20(19-16)15-5-3-2-4-6-15/h2-6,12-14,17H,7-11H2,1H3/t13-/m1/s1. The molecule has 1 aliphatic heterocycles. The van der Waals surface area contributed by atoms with Gasteiger partial charge in [0.25, 0.3) is 0 Å². The van der Waals surface area contributed by atoms with Crippen molar-refractivity contribution in [3.05, 3.63) is 42.5 Å². The SMILES string of the molecule is C[C@@H](NCc1ncn(-c2ccccc2)n1)C1CCOCC1. The van der Waals surface area contributed by atoms with Crippen molar-refractivity contribution in [1.29, 1.82) is 0 Å². The van der Waals surface area contributed by atoms with E-state index in [0.717, 1.165) is 37.6 Å². The molecule has 5 nitrogen and oxygen atoms in total. The lowest BCUT2D eigenvalue weighted by Crippen LogP contribution is -2.36. The molecule has 2 heterocycles. The number of aromatic nitrogens is 3. The number of nitrogens with one attached hydrogen (secondary N) is 1. The zero-order chi connectivity index (χ0) is 14.5. The minimum absolute atomic E-state index is 0.470. The summed E-state index contributed by atoms with van der Waals surface area (Å²) in [6, 6.07) is 10.5. The Bertz CT molecular complexity index is 548. The summed E-state index contributed by atoms with van der Waals surface area (Å²) in [5, 5.41) is 8.06. The van der Waals surface area contributed by atoms with Crippen LogP contribution in [-0.4, -0.2) is 34.0 Å². The highest BCUT2D eigenvalue weighted by molar-refractivity contribution is 5.29. The fraction of sp³-hybridized carbons (Fsp3) is 0.500. The monoisotopic (exact) mass is 286 g/mol. The van der Waals surface area contributed by atoms with Crippen molar-refractivity contribution in [3.63, 3.8) is 0 Å². The largest absolute Gasteiger partial charge is 0.381 e. The van der Waals surface area contributed by atoms with Crippen LogP contribution < -0.4 is 5.32 Å². The number of benzene rings is 1. The van der Waals surface area contributed by atoms with E-state index in [1.807, 2.05) is 35.0 Å². The van der Waals surface area contributed by atoms with Gasteiger partial charge in [-0.3, -0.25) is 0 Å². The van der Waals surface area contributed by atoms with Gasteiger partial charge in [0.2, 0.25) is 0 Å². The quantitative estimate of drug-likeness (QED) is 0.915. The number of hydrogen-bond donors (Lipinski definition) is 1. The fourth-order valence-corrected chi connectivity index (χ4v) is 2.72. The van der Waals surface area contributed by atoms with Crippen molar-refractivity contribution < 1.29 is 4.74 Å². The number of hydrogen-bond acceptors (Lipinski definition) is 4. The van der Waals surface area contributed by atoms with Crippen molar-refractivity contribution in [2.45, 2.75) is 32.4 Å². The van der Waals surface area contributed by atoms with Crippen LogP contribution in [-0.2, 0) is 11.3 Å². The molecule has 0 bridgehead atoms. The number of ether oxygens (including phenoxy) is 1. The minimum atomic E-state index is 0.470. The summed E-state index contributed by atoms with van der Waals surface area (Å²) in [5.41, 5.74) is 1.04. The fourth-order valence-electron chi connectivity index (χ4n) is 2.72. The van der Waals surface area contributed by atoms with Crippen molar-refractivity contribution in [1.82, 2.24) is 20.1 Å². The molecule has 21 heavy (non-hydrogen) atoms. The molecule has 0 aliphatic carbocycles. The van der Waals surface area contributed by atoms with Crippen LogP contribution in [0.5, 0.6) is 0 Å². The second-order valence-electron chi connectivity index (χ2n) is 5.56. The summed E-state index contributed by atoms with van der Waals surface area (Å²) < 4.78 is 7.22. The predicted molar refractivity (Wildman–Crippen MR) is 81.2 cm³/mol. The van der Waals surface area contributed by atoms with Crippen molar-refractivity contribution in [3.8, 4) is 5.69 Å². The zero-order valence-corrected chi connectivity index (χ0v) is 12.4. The normalized spacial score (nSPS) is 17.8. The summed E-state index contributed by atoms with van der Waals surface area (Å²) in [6.07, 6.45) is 4.05. The molecule has 112 valence electrons. The molecule has 0 saturated carbocycles. The topological polar surface area (TPSA) is 52.0 Å². The molecule has 0 unspecified atom stereocenters. The molecule has 3 rings (SSSR count). The molecule has 1 N–H and O–H groups in total. The Kier molecular flexibility index (Phi) is 4.62. The van der Waals surface area contributed by atoms with Crippen LogP contribution in [0.2, 0.25) is 0 Å². The number of nitrogens with zero attached hydrogens (tertiary/aromatic N) is 3. The first-order valence-electron chi connectivity index (χ1n) is 7.60. The van der Waals surface area contributed by atoms with Gasteiger partial charge in [0.15, 0.2) is 5.82 Å². The first kappa shape index (κ1) is 14.2. The Morgan fingerprint density at radius 3 is 2.81 bits per heavy atom. The van der Waals surface area contributed by atoms with Crippen molar-refractivity contribution in [2.24, 2.45) is 5.92 Å². The average Bonchev–Trinajstić information content (AvgIpc) is 3.03. The van der Waals surface area contributed by atoms with Gasteiger partial charge in [-0.2, -0.15) is 0 Å². The first-order chi connectivity index (χ1) is 10.3. The summed E-state index contributed by atoms with van der Waals surface area (Å²) in [4.78, 5) is 4.37. The van der Waals surface area contributed by atoms with Crippen LogP contribution in [0.15, 0.2) is 36.7 Å². The van der Waals surface area contributed by atoms with Crippen LogP contribution in [0.3, 0.4) is 0 Å². The third-order valence-corrected chi connectivity index (χ3v) is 4.12. The second kappa shape index (κ2) is 6.83. The van der Waals surface area contributed by atoms with Crippen LogP contribution in [0.25, 0.3) is 5.69 Å². The highest BCUT2D eigenvalue weighted by Gasteiger charge is 2.20. The van der Waals surface area contributed by atoms with Gasteiger partial charge in [0.05, 0.1) is 12.2 Å². The van der Waals surface area contributed by atoms with Crippen LogP contribution in [0.4, 0.5) is 0 Å². The van der Waals surface area contributed by atoms with E-state index in [9.17, 15) is 0 Å². The highest BCUT2D eigenvalue weighted by atomic mass is 16.5. The van der Waals surface area contributed by atoms with E-state index in [1.165, 1.54) is 0 Å². The third kappa shape index (κ3) is 3.68. The smallest absolute Gasteiger partial charge is 0.164 e. The molecule has 1 fully saturated rings. The molecule has 1 atom stereocenters. The van der Waals surface area contributed by atoms with Gasteiger partial charge in [-0.25, -0.2) is 9.67 Å². The van der Waals surface area contributed by atoms with E-state index in [-0.39, 0.29) is 0 Å². The van der Waals surface area contributed by atoms with Gasteiger partial charge in [-0.05, 0) is 37.8 Å².